The molecule has 4 aromatic rings. The summed E-state index contributed by atoms with van der Waals surface area (Å²) in [7, 11) is 1.48. The van der Waals surface area contributed by atoms with Crippen LogP contribution < -0.4 is 15.5 Å². The Bertz CT molecular complexity index is 1630. The monoisotopic (exact) mass is 555 g/mol. The molecule has 14 heteroatoms. The molecule has 14 nitrogen and oxygen atoms in total. The molecule has 0 unspecified atom stereocenters. The van der Waals surface area contributed by atoms with Crippen molar-refractivity contribution in [2.75, 3.05) is 29.1 Å². The number of carbonyl (C=O) groups is 3. The third-order valence-corrected chi connectivity index (χ3v) is 7.07. The number of pyridine rings is 1. The van der Waals surface area contributed by atoms with Crippen molar-refractivity contribution in [1.29, 1.82) is 0 Å². The number of nitrogens with one attached hydrogen (secondary N) is 2. The summed E-state index contributed by atoms with van der Waals surface area (Å²) < 4.78 is 1.89. The van der Waals surface area contributed by atoms with Gasteiger partial charge in [0.15, 0.2) is 5.65 Å². The lowest BCUT2D eigenvalue weighted by molar-refractivity contribution is -0.123. The van der Waals surface area contributed by atoms with E-state index in [1.54, 1.807) is 0 Å². The first-order valence-corrected chi connectivity index (χ1v) is 13.4. The fourth-order valence-corrected chi connectivity index (χ4v) is 4.54. The summed E-state index contributed by atoms with van der Waals surface area (Å²) >= 11 is 0. The largest absolute Gasteiger partial charge is 0.348 e. The van der Waals surface area contributed by atoms with Gasteiger partial charge >= 0.3 is 6.03 Å². The van der Waals surface area contributed by atoms with Crippen LogP contribution in [0.25, 0.3) is 5.65 Å². The molecule has 0 radical (unpaired) electrons. The number of hydrogen-bond donors (Lipinski definition) is 2. The van der Waals surface area contributed by atoms with Crippen molar-refractivity contribution >= 4 is 41.6 Å². The first kappa shape index (κ1) is 26.2. The fourth-order valence-electron chi connectivity index (χ4n) is 4.54. The molecule has 4 aromatic heterocycles. The van der Waals surface area contributed by atoms with Gasteiger partial charge < -0.3 is 9.72 Å². The van der Waals surface area contributed by atoms with Crippen LogP contribution in [0.15, 0.2) is 37.1 Å². The van der Waals surface area contributed by atoms with Crippen molar-refractivity contribution < 1.29 is 14.4 Å². The van der Waals surface area contributed by atoms with Gasteiger partial charge in [0.2, 0.25) is 24.2 Å². The molecule has 210 valence electrons. The Kier molecular flexibility index (Phi) is 6.95. The fraction of sp³-hybridized carbons (Fsp3) is 0.370. The van der Waals surface area contributed by atoms with E-state index in [1.807, 2.05) is 42.0 Å². The molecule has 0 aromatic carbocycles. The van der Waals surface area contributed by atoms with Gasteiger partial charge in [-0.05, 0) is 56.2 Å². The number of aromatic nitrogens is 7. The van der Waals surface area contributed by atoms with E-state index in [0.29, 0.717) is 41.8 Å². The van der Waals surface area contributed by atoms with Gasteiger partial charge in [-0.2, -0.15) is 4.98 Å². The molecular formula is C27H29N11O3. The van der Waals surface area contributed by atoms with Gasteiger partial charge in [0, 0.05) is 37.3 Å². The van der Waals surface area contributed by atoms with E-state index >= 15 is 0 Å². The predicted octanol–water partition coefficient (Wildman–Crippen LogP) is 2.64. The van der Waals surface area contributed by atoms with E-state index in [4.69, 9.17) is 0 Å². The average molecular weight is 556 g/mol. The Balaban J connectivity index is 0.000000253. The third-order valence-electron chi connectivity index (χ3n) is 7.07. The Labute approximate surface area is 235 Å². The number of hydrogen-bond acceptors (Lipinski definition) is 10. The van der Waals surface area contributed by atoms with Crippen molar-refractivity contribution in [1.82, 2.24) is 39.2 Å². The van der Waals surface area contributed by atoms with Crippen LogP contribution in [0.1, 0.15) is 60.3 Å². The van der Waals surface area contributed by atoms with Crippen LogP contribution in [-0.4, -0.2) is 71.1 Å². The van der Waals surface area contributed by atoms with Crippen molar-refractivity contribution in [2.45, 2.75) is 51.0 Å². The van der Waals surface area contributed by atoms with Gasteiger partial charge in [-0.25, -0.2) is 29.7 Å². The second kappa shape index (κ2) is 10.9. The molecule has 0 spiro atoms. The molecule has 3 aliphatic rings. The molecule has 1 saturated heterocycles. The normalized spacial score (nSPS) is 16.5. The van der Waals surface area contributed by atoms with Crippen molar-refractivity contribution in [3.05, 3.63) is 59.8 Å². The minimum atomic E-state index is -0.358. The van der Waals surface area contributed by atoms with Crippen molar-refractivity contribution in [3.63, 3.8) is 0 Å². The van der Waals surface area contributed by atoms with E-state index < -0.39 is 0 Å². The van der Waals surface area contributed by atoms with Gasteiger partial charge in [-0.1, -0.05) is 0 Å². The first-order chi connectivity index (χ1) is 19.9. The summed E-state index contributed by atoms with van der Waals surface area (Å²) in [6.07, 6.45) is 12.3. The average Bonchev–Trinajstić information content (AvgIpc) is 3.90. The molecular weight excluding hydrogens is 526 g/mol. The van der Waals surface area contributed by atoms with Gasteiger partial charge in [0.1, 0.15) is 18.7 Å². The zero-order chi connectivity index (χ0) is 28.5. The maximum absolute atomic E-state index is 12.6. The maximum Gasteiger partial charge on any atom is 0.331 e. The molecule has 0 atom stereocenters. The quantitative estimate of drug-likeness (QED) is 0.244. The lowest BCUT2D eigenvalue weighted by Crippen LogP contribution is -2.30. The van der Waals surface area contributed by atoms with Crippen molar-refractivity contribution in [2.24, 2.45) is 0 Å². The van der Waals surface area contributed by atoms with Crippen LogP contribution in [0.2, 0.25) is 0 Å². The lowest BCUT2D eigenvalue weighted by atomic mass is 10.1. The summed E-state index contributed by atoms with van der Waals surface area (Å²) in [5, 5.41) is 5.41. The highest BCUT2D eigenvalue weighted by atomic mass is 16.2. The van der Waals surface area contributed by atoms with Crippen LogP contribution in [0.4, 0.5) is 22.4 Å². The molecule has 2 aliphatic carbocycles. The SMILES string of the molecule is CN1C(=O)CN(c2cc(C3CC3)cn3cc(CNc4ncnc(NC=O)n4)nc23)C1=O.Cc1ccnc(C2CC2)n1. The van der Waals surface area contributed by atoms with E-state index in [0.717, 1.165) is 34.8 Å². The number of urea groups is 1. The highest BCUT2D eigenvalue weighted by Crippen LogP contribution is 2.42. The number of carbonyl (C=O) groups excluding carboxylic acids is 3. The number of likely N-dealkylation sites (N-methyl/N-ethyl adjacent to an activating group) is 1. The second-order valence-corrected chi connectivity index (χ2v) is 10.3. The molecule has 2 saturated carbocycles. The number of aryl methyl sites for hydroxylation is 1. The van der Waals surface area contributed by atoms with E-state index in [1.165, 1.54) is 31.1 Å². The Morgan fingerprint density at radius 3 is 2.46 bits per heavy atom. The minimum Gasteiger partial charge on any atom is -0.348 e. The number of amides is 4. The standard InChI is InChI=1S/C19H19N9O3.C8H10N2/c1-26-15(30)8-28(19(26)31)14-4-12(11-2-3-11)6-27-7-13(24-16(14)27)5-20-17-21-9-22-18(25-17)23-10-29;1-6-4-5-9-8(10-6)7-2-3-7/h4,6-7,9-11H,2-3,5,8H2,1H3,(H2,20,21,22,23,25,29);4-5,7H,2-3H2,1H3. The minimum absolute atomic E-state index is 0.00305. The Hall–Kier alpha value is -5.01. The van der Waals surface area contributed by atoms with Gasteiger partial charge in [0.25, 0.3) is 0 Å². The predicted molar refractivity (Wildman–Crippen MR) is 148 cm³/mol. The molecule has 1 aliphatic heterocycles. The summed E-state index contributed by atoms with van der Waals surface area (Å²) in [6.45, 7) is 2.32. The molecule has 7 rings (SSSR count). The zero-order valence-corrected chi connectivity index (χ0v) is 22.7. The molecule has 41 heavy (non-hydrogen) atoms. The highest BCUT2D eigenvalue weighted by molar-refractivity contribution is 6.13. The van der Waals surface area contributed by atoms with Crippen molar-refractivity contribution in [3.8, 4) is 0 Å². The molecule has 4 amide bonds. The Morgan fingerprint density at radius 2 is 1.78 bits per heavy atom. The van der Waals surface area contributed by atoms with E-state index in [9.17, 15) is 14.4 Å². The van der Waals surface area contributed by atoms with E-state index in [2.05, 4.69) is 40.5 Å². The summed E-state index contributed by atoms with van der Waals surface area (Å²) in [5.74, 6) is 2.37. The number of anilines is 3. The topological polar surface area (TPSA) is 164 Å². The summed E-state index contributed by atoms with van der Waals surface area (Å²) in [6, 6.07) is 3.54. The summed E-state index contributed by atoms with van der Waals surface area (Å²) in [5.41, 5.74) is 4.12. The number of nitrogens with zero attached hydrogens (tertiary/aromatic N) is 9. The summed E-state index contributed by atoms with van der Waals surface area (Å²) in [4.78, 5) is 62.9. The molecule has 5 heterocycles. The van der Waals surface area contributed by atoms with Crippen LogP contribution in [-0.2, 0) is 16.1 Å². The second-order valence-electron chi connectivity index (χ2n) is 10.3. The number of imide groups is 1. The van der Waals surface area contributed by atoms with Crippen LogP contribution >= 0.6 is 0 Å². The van der Waals surface area contributed by atoms with Gasteiger partial charge in [-0.3, -0.25) is 24.7 Å². The van der Waals surface area contributed by atoms with Crippen LogP contribution in [0.5, 0.6) is 0 Å². The smallest absolute Gasteiger partial charge is 0.331 e. The maximum atomic E-state index is 12.6. The van der Waals surface area contributed by atoms with E-state index in [-0.39, 0.29) is 30.4 Å². The van der Waals surface area contributed by atoms with Gasteiger partial charge in [0.05, 0.1) is 17.9 Å². The molecule has 3 fully saturated rings. The number of fused-ring (bicyclic) bond motifs is 1. The highest BCUT2D eigenvalue weighted by Gasteiger charge is 2.36. The number of rotatable bonds is 8. The zero-order valence-electron chi connectivity index (χ0n) is 22.7. The first-order valence-electron chi connectivity index (χ1n) is 13.4. The Morgan fingerprint density at radius 1 is 1.00 bits per heavy atom. The van der Waals surface area contributed by atoms with Crippen LogP contribution in [0.3, 0.4) is 0 Å². The molecule has 0 bridgehead atoms. The molecule has 2 N–H and O–H groups in total. The van der Waals surface area contributed by atoms with Crippen LogP contribution in [0, 0.1) is 6.92 Å². The van der Waals surface area contributed by atoms with Gasteiger partial charge in [-0.15, -0.1) is 0 Å². The lowest BCUT2D eigenvalue weighted by Gasteiger charge is -2.17. The number of imidazole rings is 1. The third kappa shape index (κ3) is 5.81.